The maximum atomic E-state index is 11.0. The number of carbonyl (C=O) groups is 2. The van der Waals surface area contributed by atoms with Gasteiger partial charge in [-0.3, -0.25) is 9.59 Å². The number of nitrogens with two attached hydrogens (primary N) is 1. The monoisotopic (exact) mass is 230 g/mol. The molecule has 0 aliphatic carbocycles. The molecular formula is C9H14N2O3S. The number of amides is 1. The molecule has 84 valence electrons. The largest absolute Gasteiger partial charge is 0.480 e. The van der Waals surface area contributed by atoms with E-state index in [-0.39, 0.29) is 18.2 Å². The second-order valence-corrected chi connectivity index (χ2v) is 3.87. The van der Waals surface area contributed by atoms with E-state index in [2.05, 4.69) is 11.2 Å². The van der Waals surface area contributed by atoms with Gasteiger partial charge < -0.3 is 16.2 Å². The van der Waals surface area contributed by atoms with Crippen molar-refractivity contribution in [1.29, 1.82) is 0 Å². The van der Waals surface area contributed by atoms with Crippen LogP contribution < -0.4 is 11.1 Å². The van der Waals surface area contributed by atoms with E-state index < -0.39 is 12.0 Å². The quantitative estimate of drug-likeness (QED) is 0.396. The molecule has 1 atom stereocenters. The maximum Gasteiger partial charge on any atom is 0.320 e. The zero-order chi connectivity index (χ0) is 11.7. The van der Waals surface area contributed by atoms with E-state index in [1.165, 1.54) is 11.8 Å². The zero-order valence-electron chi connectivity index (χ0n) is 8.23. The van der Waals surface area contributed by atoms with Gasteiger partial charge in [-0.2, -0.15) is 11.8 Å². The minimum absolute atomic E-state index is 0.151. The van der Waals surface area contributed by atoms with E-state index in [0.29, 0.717) is 12.2 Å². The molecule has 0 fully saturated rings. The number of carbonyl (C=O) groups excluding carboxylic acids is 1. The summed E-state index contributed by atoms with van der Waals surface area (Å²) in [5.41, 5.74) is 5.27. The summed E-state index contributed by atoms with van der Waals surface area (Å²) in [7, 11) is 0. The molecule has 4 N–H and O–H groups in total. The Morgan fingerprint density at radius 2 is 2.27 bits per heavy atom. The summed E-state index contributed by atoms with van der Waals surface area (Å²) in [6.07, 6.45) is 5.30. The highest BCUT2D eigenvalue weighted by atomic mass is 32.2. The molecule has 1 unspecified atom stereocenters. The second kappa shape index (κ2) is 8.15. The fraction of sp³-hybridized carbons (Fsp3) is 0.556. The number of terminal acetylenes is 1. The van der Waals surface area contributed by atoms with Crippen molar-refractivity contribution in [3.63, 3.8) is 0 Å². The first kappa shape index (κ1) is 13.8. The van der Waals surface area contributed by atoms with E-state index in [1.54, 1.807) is 0 Å². The lowest BCUT2D eigenvalue weighted by atomic mass is 10.2. The van der Waals surface area contributed by atoms with Crippen molar-refractivity contribution in [2.75, 3.05) is 18.1 Å². The molecule has 6 heteroatoms. The number of aliphatic carboxylic acids is 1. The van der Waals surface area contributed by atoms with Gasteiger partial charge in [-0.05, 0) is 12.2 Å². The highest BCUT2D eigenvalue weighted by Crippen LogP contribution is 2.03. The van der Waals surface area contributed by atoms with Gasteiger partial charge in [0.05, 0.1) is 12.3 Å². The molecule has 0 aromatic rings. The van der Waals surface area contributed by atoms with E-state index in [1.807, 2.05) is 0 Å². The Morgan fingerprint density at radius 3 is 2.80 bits per heavy atom. The molecule has 0 rings (SSSR count). The van der Waals surface area contributed by atoms with Gasteiger partial charge >= 0.3 is 5.97 Å². The Morgan fingerprint density at radius 1 is 1.60 bits per heavy atom. The highest BCUT2D eigenvalue weighted by Gasteiger charge is 2.10. The number of rotatable bonds is 7. The lowest BCUT2D eigenvalue weighted by Gasteiger charge is -2.05. The molecule has 0 bridgehead atoms. The fourth-order valence-corrected chi connectivity index (χ4v) is 1.55. The molecule has 0 aliphatic rings. The van der Waals surface area contributed by atoms with Crippen LogP contribution in [0.3, 0.4) is 0 Å². The Kier molecular flexibility index (Phi) is 7.50. The van der Waals surface area contributed by atoms with Crippen molar-refractivity contribution in [1.82, 2.24) is 5.32 Å². The number of carboxylic acid groups (broad SMARTS) is 1. The van der Waals surface area contributed by atoms with Crippen LogP contribution in [0, 0.1) is 12.3 Å². The summed E-state index contributed by atoms with van der Waals surface area (Å²) in [5, 5.41) is 11.0. The van der Waals surface area contributed by atoms with Gasteiger partial charge in [-0.1, -0.05) is 5.92 Å². The van der Waals surface area contributed by atoms with Gasteiger partial charge in [0, 0.05) is 0 Å². The molecule has 0 radical (unpaired) electrons. The van der Waals surface area contributed by atoms with Gasteiger partial charge in [-0.25, -0.2) is 0 Å². The average Bonchev–Trinajstić information content (AvgIpc) is 2.20. The first-order valence-electron chi connectivity index (χ1n) is 4.34. The van der Waals surface area contributed by atoms with Crippen molar-refractivity contribution in [3.05, 3.63) is 0 Å². The molecule has 0 saturated carbocycles. The molecule has 0 spiro atoms. The third-order valence-electron chi connectivity index (χ3n) is 1.51. The summed E-state index contributed by atoms with van der Waals surface area (Å²) >= 11 is 1.33. The van der Waals surface area contributed by atoms with Crippen LogP contribution in [0.1, 0.15) is 6.42 Å². The van der Waals surface area contributed by atoms with Crippen LogP contribution in [0.25, 0.3) is 0 Å². The number of carboxylic acids is 1. The molecule has 0 aromatic carbocycles. The molecule has 0 aliphatic heterocycles. The molecule has 5 nitrogen and oxygen atoms in total. The zero-order valence-corrected chi connectivity index (χ0v) is 9.05. The van der Waals surface area contributed by atoms with Gasteiger partial charge in [0.2, 0.25) is 5.91 Å². The normalized spacial score (nSPS) is 11.5. The minimum atomic E-state index is -1.02. The third kappa shape index (κ3) is 7.85. The lowest BCUT2D eigenvalue weighted by Crippen LogP contribution is -2.31. The van der Waals surface area contributed by atoms with Gasteiger partial charge in [0.15, 0.2) is 0 Å². The van der Waals surface area contributed by atoms with Gasteiger partial charge in [0.25, 0.3) is 0 Å². The Hall–Kier alpha value is -1.19. The van der Waals surface area contributed by atoms with Crippen LogP contribution in [0.2, 0.25) is 0 Å². The molecular weight excluding hydrogens is 216 g/mol. The Balaban J connectivity index is 3.43. The second-order valence-electron chi connectivity index (χ2n) is 2.77. The van der Waals surface area contributed by atoms with Crippen molar-refractivity contribution in [3.8, 4) is 12.3 Å². The average molecular weight is 230 g/mol. The SMILES string of the molecule is C#CCNC(=O)CSCCC(N)C(=O)O. The van der Waals surface area contributed by atoms with Crippen LogP contribution in [0.5, 0.6) is 0 Å². The van der Waals surface area contributed by atoms with Gasteiger partial charge in [-0.15, -0.1) is 6.42 Å². The summed E-state index contributed by atoms with van der Waals surface area (Å²) < 4.78 is 0. The molecule has 0 heterocycles. The minimum Gasteiger partial charge on any atom is -0.480 e. The molecule has 0 saturated heterocycles. The smallest absolute Gasteiger partial charge is 0.320 e. The molecule has 1 amide bonds. The first-order chi connectivity index (χ1) is 7.07. The van der Waals surface area contributed by atoms with Crippen molar-refractivity contribution in [2.24, 2.45) is 5.73 Å². The van der Waals surface area contributed by atoms with Crippen molar-refractivity contribution >= 4 is 23.6 Å². The first-order valence-corrected chi connectivity index (χ1v) is 5.49. The lowest BCUT2D eigenvalue weighted by molar-refractivity contribution is -0.138. The number of hydrogen-bond acceptors (Lipinski definition) is 4. The van der Waals surface area contributed by atoms with E-state index >= 15 is 0 Å². The summed E-state index contributed by atoms with van der Waals surface area (Å²) in [5.74, 6) is 1.92. The number of thioether (sulfide) groups is 1. The summed E-state index contributed by atoms with van der Waals surface area (Å²) in [6.45, 7) is 0.216. The topological polar surface area (TPSA) is 92.4 Å². The standard InChI is InChI=1S/C9H14N2O3S/c1-2-4-11-8(12)6-15-5-3-7(10)9(13)14/h1,7H,3-6,10H2,(H,11,12)(H,13,14). The van der Waals surface area contributed by atoms with Crippen LogP contribution in [0.15, 0.2) is 0 Å². The van der Waals surface area contributed by atoms with Crippen LogP contribution >= 0.6 is 11.8 Å². The number of hydrogen-bond donors (Lipinski definition) is 3. The van der Waals surface area contributed by atoms with Crippen molar-refractivity contribution in [2.45, 2.75) is 12.5 Å². The highest BCUT2D eigenvalue weighted by molar-refractivity contribution is 7.99. The van der Waals surface area contributed by atoms with Gasteiger partial charge in [0.1, 0.15) is 6.04 Å². The fourth-order valence-electron chi connectivity index (χ4n) is 0.699. The predicted molar refractivity (Wildman–Crippen MR) is 59.4 cm³/mol. The Bertz CT molecular complexity index is 263. The van der Waals surface area contributed by atoms with Crippen molar-refractivity contribution < 1.29 is 14.7 Å². The summed E-state index contributed by atoms with van der Waals surface area (Å²) in [6, 6.07) is -0.855. The Labute approximate surface area is 92.8 Å². The van der Waals surface area contributed by atoms with E-state index in [0.717, 1.165) is 0 Å². The number of nitrogens with one attached hydrogen (secondary N) is 1. The molecule has 15 heavy (non-hydrogen) atoms. The third-order valence-corrected chi connectivity index (χ3v) is 2.50. The molecule has 0 aromatic heterocycles. The van der Waals surface area contributed by atoms with E-state index in [9.17, 15) is 9.59 Å². The predicted octanol–water partition coefficient (Wildman–Crippen LogP) is -0.729. The van der Waals surface area contributed by atoms with E-state index in [4.69, 9.17) is 17.3 Å². The maximum absolute atomic E-state index is 11.0. The summed E-state index contributed by atoms with van der Waals surface area (Å²) in [4.78, 5) is 21.3. The van der Waals surface area contributed by atoms with Crippen LogP contribution in [0.4, 0.5) is 0 Å². The van der Waals surface area contributed by atoms with Crippen LogP contribution in [-0.2, 0) is 9.59 Å². The van der Waals surface area contributed by atoms with Crippen LogP contribution in [-0.4, -0.2) is 41.1 Å².